The number of hydrogen-bond acceptors (Lipinski definition) is 7. The van der Waals surface area contributed by atoms with Crippen molar-refractivity contribution in [2.24, 2.45) is 13.0 Å². The number of amides is 1. The molecule has 2 heterocycles. The Morgan fingerprint density at radius 2 is 2.07 bits per heavy atom. The fourth-order valence-electron chi connectivity index (χ4n) is 3.07. The van der Waals surface area contributed by atoms with Crippen LogP contribution < -0.4 is 5.32 Å². The molecule has 1 atom stereocenters. The van der Waals surface area contributed by atoms with E-state index in [1.807, 2.05) is 32.8 Å². The molecule has 0 fully saturated rings. The SMILES string of the molecule is COC(=O)c1sccc1NC(=O)C[C@@H](CN(C)Cc1c(C)nn(C)c1C)C(=O)O. The fourth-order valence-corrected chi connectivity index (χ4v) is 3.84. The number of anilines is 1. The molecule has 0 aromatic carbocycles. The molecule has 10 heteroatoms. The van der Waals surface area contributed by atoms with Gasteiger partial charge in [0, 0.05) is 37.8 Å². The van der Waals surface area contributed by atoms with Crippen LogP contribution in [-0.2, 0) is 27.9 Å². The maximum absolute atomic E-state index is 12.4. The van der Waals surface area contributed by atoms with Gasteiger partial charge in [-0.05, 0) is 32.3 Å². The van der Waals surface area contributed by atoms with Gasteiger partial charge in [-0.3, -0.25) is 14.3 Å². The number of rotatable bonds is 9. The van der Waals surface area contributed by atoms with Gasteiger partial charge in [0.05, 0.1) is 24.4 Å². The largest absolute Gasteiger partial charge is 0.481 e. The topological polar surface area (TPSA) is 114 Å². The third kappa shape index (κ3) is 5.64. The zero-order chi connectivity index (χ0) is 21.7. The second-order valence-corrected chi connectivity index (χ2v) is 7.83. The Hall–Kier alpha value is -2.72. The van der Waals surface area contributed by atoms with Crippen molar-refractivity contribution in [3.05, 3.63) is 33.3 Å². The van der Waals surface area contributed by atoms with Crippen LogP contribution in [0.5, 0.6) is 0 Å². The molecule has 2 rings (SSSR count). The number of aliphatic carboxylic acids is 1. The molecule has 0 radical (unpaired) electrons. The fraction of sp³-hybridized carbons (Fsp3) is 0.474. The Morgan fingerprint density at radius 3 is 2.62 bits per heavy atom. The number of carbonyl (C=O) groups excluding carboxylic acids is 2. The third-order valence-electron chi connectivity index (χ3n) is 4.71. The standard InChI is InChI=1S/C19H26N4O5S/c1-11-14(12(2)23(4)21-11)10-22(3)9-13(18(25)26)8-16(24)20-15-6-7-29-17(15)19(27)28-5/h6-7,13H,8-10H2,1-5H3,(H,20,24)(H,25,26)/t13-/m0/s1. The number of methoxy groups -OCH3 is 1. The summed E-state index contributed by atoms with van der Waals surface area (Å²) in [4.78, 5) is 37.9. The van der Waals surface area contributed by atoms with Crippen LogP contribution in [0.2, 0.25) is 0 Å². The van der Waals surface area contributed by atoms with Gasteiger partial charge in [-0.15, -0.1) is 11.3 Å². The second-order valence-electron chi connectivity index (χ2n) is 6.91. The molecular weight excluding hydrogens is 396 g/mol. The predicted octanol–water partition coefficient (Wildman–Crippen LogP) is 2.05. The number of esters is 1. The van der Waals surface area contributed by atoms with E-state index in [0.717, 1.165) is 28.3 Å². The average molecular weight is 423 g/mol. The first kappa shape index (κ1) is 22.6. The van der Waals surface area contributed by atoms with Crippen molar-refractivity contribution in [3.8, 4) is 0 Å². The first-order valence-electron chi connectivity index (χ1n) is 9.00. The third-order valence-corrected chi connectivity index (χ3v) is 5.60. The van der Waals surface area contributed by atoms with Gasteiger partial charge < -0.3 is 20.1 Å². The highest BCUT2D eigenvalue weighted by molar-refractivity contribution is 7.12. The number of hydrogen-bond donors (Lipinski definition) is 2. The van der Waals surface area contributed by atoms with Crippen LogP contribution >= 0.6 is 11.3 Å². The summed E-state index contributed by atoms with van der Waals surface area (Å²) < 4.78 is 6.47. The van der Waals surface area contributed by atoms with E-state index in [0.29, 0.717) is 12.2 Å². The summed E-state index contributed by atoms with van der Waals surface area (Å²) in [5.74, 6) is -2.96. The highest BCUT2D eigenvalue weighted by atomic mass is 32.1. The van der Waals surface area contributed by atoms with E-state index in [4.69, 9.17) is 0 Å². The van der Waals surface area contributed by atoms with E-state index in [-0.39, 0.29) is 17.8 Å². The van der Waals surface area contributed by atoms with Gasteiger partial charge in [0.15, 0.2) is 0 Å². The van der Waals surface area contributed by atoms with Crippen molar-refractivity contribution in [2.75, 3.05) is 26.0 Å². The van der Waals surface area contributed by atoms with Gasteiger partial charge in [-0.25, -0.2) is 4.79 Å². The zero-order valence-corrected chi connectivity index (χ0v) is 18.0. The summed E-state index contributed by atoms with van der Waals surface area (Å²) >= 11 is 1.14. The number of thiophene rings is 1. The van der Waals surface area contributed by atoms with Crippen molar-refractivity contribution in [1.29, 1.82) is 0 Å². The molecule has 0 aliphatic rings. The molecule has 1 amide bonds. The van der Waals surface area contributed by atoms with Gasteiger partial charge in [0.2, 0.25) is 5.91 Å². The summed E-state index contributed by atoms with van der Waals surface area (Å²) in [5, 5.41) is 18.2. The molecule has 0 aliphatic heterocycles. The normalized spacial score (nSPS) is 12.1. The van der Waals surface area contributed by atoms with E-state index in [1.54, 1.807) is 16.1 Å². The zero-order valence-electron chi connectivity index (χ0n) is 17.2. The number of aromatic nitrogens is 2. The lowest BCUT2D eigenvalue weighted by Gasteiger charge is -2.21. The van der Waals surface area contributed by atoms with Gasteiger partial charge in [0.1, 0.15) is 4.88 Å². The summed E-state index contributed by atoms with van der Waals surface area (Å²) in [5.41, 5.74) is 3.29. The Labute approximate surface area is 173 Å². The molecule has 9 nitrogen and oxygen atoms in total. The van der Waals surface area contributed by atoms with Crippen LogP contribution in [0.1, 0.15) is 33.0 Å². The lowest BCUT2D eigenvalue weighted by atomic mass is 10.0. The number of carboxylic acids is 1. The van der Waals surface area contributed by atoms with Crippen molar-refractivity contribution in [2.45, 2.75) is 26.8 Å². The molecule has 0 spiro atoms. The number of ether oxygens (including phenoxy) is 1. The summed E-state index contributed by atoms with van der Waals surface area (Å²) in [7, 11) is 4.94. The van der Waals surface area contributed by atoms with Crippen LogP contribution in [0, 0.1) is 19.8 Å². The lowest BCUT2D eigenvalue weighted by Crippen LogP contribution is -2.33. The first-order chi connectivity index (χ1) is 13.6. The van der Waals surface area contributed by atoms with Gasteiger partial charge in [0.25, 0.3) is 0 Å². The Bertz CT molecular complexity index is 905. The quantitative estimate of drug-likeness (QED) is 0.595. The molecule has 158 valence electrons. The lowest BCUT2D eigenvalue weighted by molar-refractivity contribution is -0.144. The van der Waals surface area contributed by atoms with Gasteiger partial charge >= 0.3 is 11.9 Å². The molecule has 0 saturated carbocycles. The Kier molecular flexibility index (Phi) is 7.52. The maximum Gasteiger partial charge on any atom is 0.350 e. The summed E-state index contributed by atoms with van der Waals surface area (Å²) in [6.07, 6.45) is -0.207. The highest BCUT2D eigenvalue weighted by Gasteiger charge is 2.25. The molecule has 2 N–H and O–H groups in total. The first-order valence-corrected chi connectivity index (χ1v) is 9.88. The molecule has 29 heavy (non-hydrogen) atoms. The van der Waals surface area contributed by atoms with Crippen LogP contribution in [0.25, 0.3) is 0 Å². The number of nitrogens with zero attached hydrogens (tertiary/aromatic N) is 3. The number of aryl methyl sites for hydroxylation is 2. The number of nitrogens with one attached hydrogen (secondary N) is 1. The molecule has 0 unspecified atom stereocenters. The van der Waals surface area contributed by atoms with Crippen molar-refractivity contribution >= 4 is 34.9 Å². The van der Waals surface area contributed by atoms with E-state index >= 15 is 0 Å². The van der Waals surface area contributed by atoms with Crippen LogP contribution in [0.3, 0.4) is 0 Å². The molecular formula is C19H26N4O5S. The van der Waals surface area contributed by atoms with Gasteiger partial charge in [-0.1, -0.05) is 0 Å². The van der Waals surface area contributed by atoms with E-state index < -0.39 is 23.8 Å². The van der Waals surface area contributed by atoms with E-state index in [9.17, 15) is 19.5 Å². The van der Waals surface area contributed by atoms with E-state index in [2.05, 4.69) is 15.2 Å². The Morgan fingerprint density at radius 1 is 1.38 bits per heavy atom. The molecule has 0 aliphatic carbocycles. The van der Waals surface area contributed by atoms with Crippen LogP contribution in [-0.4, -0.2) is 58.3 Å². The van der Waals surface area contributed by atoms with Crippen LogP contribution in [0.15, 0.2) is 11.4 Å². The van der Waals surface area contributed by atoms with Crippen molar-refractivity contribution < 1.29 is 24.2 Å². The monoisotopic (exact) mass is 422 g/mol. The average Bonchev–Trinajstić information content (AvgIpc) is 3.20. The maximum atomic E-state index is 12.4. The van der Waals surface area contributed by atoms with Gasteiger partial charge in [-0.2, -0.15) is 5.10 Å². The number of carbonyl (C=O) groups is 3. The summed E-state index contributed by atoms with van der Waals surface area (Å²) in [6, 6.07) is 1.59. The highest BCUT2D eigenvalue weighted by Crippen LogP contribution is 2.24. The number of carboxylic acid groups (broad SMARTS) is 1. The van der Waals surface area contributed by atoms with Crippen LogP contribution in [0.4, 0.5) is 5.69 Å². The predicted molar refractivity (Wildman–Crippen MR) is 109 cm³/mol. The minimum absolute atomic E-state index is 0.198. The molecule has 0 bridgehead atoms. The second kappa shape index (κ2) is 9.66. The summed E-state index contributed by atoms with van der Waals surface area (Å²) in [6.45, 7) is 4.61. The molecule has 0 saturated heterocycles. The van der Waals surface area contributed by atoms with Crippen molar-refractivity contribution in [1.82, 2.24) is 14.7 Å². The molecule has 2 aromatic rings. The van der Waals surface area contributed by atoms with E-state index in [1.165, 1.54) is 7.11 Å². The minimum Gasteiger partial charge on any atom is -0.481 e. The smallest absolute Gasteiger partial charge is 0.350 e. The minimum atomic E-state index is -1.05. The molecule has 2 aromatic heterocycles. The van der Waals surface area contributed by atoms with Crippen molar-refractivity contribution in [3.63, 3.8) is 0 Å². The Balaban J connectivity index is 2.01.